The highest BCUT2D eigenvalue weighted by molar-refractivity contribution is 5.90. The minimum absolute atomic E-state index is 0.0933. The summed E-state index contributed by atoms with van der Waals surface area (Å²) in [7, 11) is 3.76. The van der Waals surface area contributed by atoms with Crippen molar-refractivity contribution in [1.82, 2.24) is 19.4 Å². The summed E-state index contributed by atoms with van der Waals surface area (Å²) in [6, 6.07) is 6.25. The lowest BCUT2D eigenvalue weighted by atomic mass is 10.1. The molecule has 0 atom stereocenters. The third-order valence-electron chi connectivity index (χ3n) is 4.34. The number of carbonyl (C=O) groups excluding carboxylic acids is 1. The number of rotatable bonds is 5. The lowest BCUT2D eigenvalue weighted by Crippen LogP contribution is -2.28. The summed E-state index contributed by atoms with van der Waals surface area (Å²) in [4.78, 5) is 21.8. The van der Waals surface area contributed by atoms with Gasteiger partial charge in [-0.05, 0) is 17.5 Å². The second-order valence-electron chi connectivity index (χ2n) is 5.89. The number of hydrogen-bond donors (Lipinski definition) is 1. The lowest BCUT2D eigenvalue weighted by Gasteiger charge is -2.16. The molecule has 120 valence electrons. The number of aromatic nitrogens is 3. The number of benzene rings is 1. The fraction of sp³-hybridized carbons (Fsp3) is 0.333. The van der Waals surface area contributed by atoms with Crippen molar-refractivity contribution in [3.05, 3.63) is 53.7 Å². The van der Waals surface area contributed by atoms with E-state index in [0.29, 0.717) is 13.0 Å². The minimum atomic E-state index is 0.0933. The van der Waals surface area contributed by atoms with E-state index in [-0.39, 0.29) is 5.91 Å². The van der Waals surface area contributed by atoms with Crippen LogP contribution in [0.5, 0.6) is 0 Å². The predicted octanol–water partition coefficient (Wildman–Crippen LogP) is 2.66. The van der Waals surface area contributed by atoms with Crippen LogP contribution < -0.4 is 0 Å². The van der Waals surface area contributed by atoms with E-state index in [4.69, 9.17) is 0 Å². The van der Waals surface area contributed by atoms with Crippen LogP contribution in [0, 0.1) is 0 Å². The highest BCUT2D eigenvalue weighted by atomic mass is 16.2. The van der Waals surface area contributed by atoms with E-state index >= 15 is 0 Å². The largest absolute Gasteiger partial charge is 0.361 e. The van der Waals surface area contributed by atoms with Crippen LogP contribution in [0.1, 0.15) is 23.9 Å². The van der Waals surface area contributed by atoms with Gasteiger partial charge in [-0.15, -0.1) is 0 Å². The van der Waals surface area contributed by atoms with Crippen LogP contribution in [-0.4, -0.2) is 32.4 Å². The second-order valence-corrected chi connectivity index (χ2v) is 5.89. The van der Waals surface area contributed by atoms with Crippen LogP contribution in [0.3, 0.4) is 0 Å². The molecular weight excluding hydrogens is 288 g/mol. The molecule has 0 radical (unpaired) electrons. The van der Waals surface area contributed by atoms with Crippen LogP contribution >= 0.6 is 0 Å². The summed E-state index contributed by atoms with van der Waals surface area (Å²) in [5.41, 5.74) is 3.47. The van der Waals surface area contributed by atoms with Gasteiger partial charge in [0.2, 0.25) is 5.91 Å². The van der Waals surface area contributed by atoms with Crippen molar-refractivity contribution in [2.24, 2.45) is 7.05 Å². The van der Waals surface area contributed by atoms with Crippen molar-refractivity contribution >= 4 is 16.8 Å². The first kappa shape index (κ1) is 15.3. The molecule has 5 nitrogen and oxygen atoms in total. The maximum atomic E-state index is 12.5. The van der Waals surface area contributed by atoms with Gasteiger partial charge < -0.3 is 14.5 Å². The number of amides is 1. The summed E-state index contributed by atoms with van der Waals surface area (Å²) < 4.78 is 1.93. The molecule has 0 fully saturated rings. The normalized spacial score (nSPS) is 11.1. The van der Waals surface area contributed by atoms with Gasteiger partial charge in [-0.1, -0.05) is 25.1 Å². The molecule has 3 rings (SSSR count). The number of nitrogens with zero attached hydrogens (tertiary/aromatic N) is 3. The molecule has 0 saturated carbocycles. The number of fused-ring (bicyclic) bond motifs is 1. The van der Waals surface area contributed by atoms with Crippen LogP contribution in [0.25, 0.3) is 10.9 Å². The fourth-order valence-electron chi connectivity index (χ4n) is 2.86. The molecule has 0 aliphatic rings. The molecule has 2 heterocycles. The number of nitrogens with one attached hydrogen (secondary N) is 1. The van der Waals surface area contributed by atoms with E-state index in [1.54, 1.807) is 11.1 Å². The molecule has 5 heteroatoms. The van der Waals surface area contributed by atoms with Gasteiger partial charge >= 0.3 is 0 Å². The Bertz CT molecular complexity index is 831. The zero-order valence-corrected chi connectivity index (χ0v) is 13.8. The lowest BCUT2D eigenvalue weighted by molar-refractivity contribution is -0.129. The molecule has 0 saturated heterocycles. The molecule has 3 aromatic rings. The first-order valence-corrected chi connectivity index (χ1v) is 7.88. The van der Waals surface area contributed by atoms with Crippen molar-refractivity contribution in [3.63, 3.8) is 0 Å². The van der Waals surface area contributed by atoms with E-state index in [2.05, 4.69) is 35.1 Å². The Hall–Kier alpha value is -2.56. The molecule has 1 N–H and O–H groups in total. The van der Waals surface area contributed by atoms with Crippen molar-refractivity contribution in [2.75, 3.05) is 7.05 Å². The smallest absolute Gasteiger partial charge is 0.227 e. The number of carbonyl (C=O) groups is 1. The van der Waals surface area contributed by atoms with Gasteiger partial charge in [0.1, 0.15) is 5.82 Å². The number of H-pyrrole nitrogens is 1. The van der Waals surface area contributed by atoms with Crippen molar-refractivity contribution in [3.8, 4) is 0 Å². The van der Waals surface area contributed by atoms with Crippen LogP contribution in [0.2, 0.25) is 0 Å². The zero-order valence-electron chi connectivity index (χ0n) is 13.8. The van der Waals surface area contributed by atoms with Gasteiger partial charge in [0, 0.05) is 43.6 Å². The molecule has 0 spiro atoms. The van der Waals surface area contributed by atoms with E-state index in [0.717, 1.165) is 28.7 Å². The maximum absolute atomic E-state index is 12.5. The Balaban J connectivity index is 1.76. The SMILES string of the molecule is CCc1cccc2c(CC(=O)N(C)Cc3nccn3C)c[nH]c12. The molecule has 0 bridgehead atoms. The topological polar surface area (TPSA) is 53.9 Å². The van der Waals surface area contributed by atoms with Crippen molar-refractivity contribution in [2.45, 2.75) is 26.3 Å². The number of aromatic amines is 1. The number of likely N-dealkylation sites (N-methyl/N-ethyl adjacent to an activating group) is 1. The van der Waals surface area contributed by atoms with Gasteiger partial charge in [0.25, 0.3) is 0 Å². The summed E-state index contributed by atoms with van der Waals surface area (Å²) in [6.45, 7) is 2.66. The molecule has 2 aromatic heterocycles. The van der Waals surface area contributed by atoms with E-state index < -0.39 is 0 Å². The molecule has 0 aliphatic carbocycles. The van der Waals surface area contributed by atoms with E-state index in [9.17, 15) is 4.79 Å². The number of hydrogen-bond acceptors (Lipinski definition) is 2. The quantitative estimate of drug-likeness (QED) is 0.787. The first-order chi connectivity index (χ1) is 11.1. The highest BCUT2D eigenvalue weighted by Crippen LogP contribution is 2.23. The third kappa shape index (κ3) is 2.99. The van der Waals surface area contributed by atoms with E-state index in [1.807, 2.05) is 31.1 Å². The van der Waals surface area contributed by atoms with Crippen LogP contribution in [0.15, 0.2) is 36.8 Å². The van der Waals surface area contributed by atoms with Gasteiger partial charge in [-0.2, -0.15) is 0 Å². The number of para-hydroxylation sites is 1. The Morgan fingerprint density at radius 2 is 2.17 bits per heavy atom. The monoisotopic (exact) mass is 310 g/mol. The summed E-state index contributed by atoms with van der Waals surface area (Å²) in [5.74, 6) is 0.976. The second kappa shape index (κ2) is 6.28. The fourth-order valence-corrected chi connectivity index (χ4v) is 2.86. The summed E-state index contributed by atoms with van der Waals surface area (Å²) >= 11 is 0. The molecular formula is C18H22N4O. The predicted molar refractivity (Wildman–Crippen MR) is 91.1 cm³/mol. The van der Waals surface area contributed by atoms with Crippen molar-refractivity contribution in [1.29, 1.82) is 0 Å². The highest BCUT2D eigenvalue weighted by Gasteiger charge is 2.15. The molecule has 1 aromatic carbocycles. The maximum Gasteiger partial charge on any atom is 0.227 e. The van der Waals surface area contributed by atoms with Gasteiger partial charge in [-0.3, -0.25) is 4.79 Å². The zero-order chi connectivity index (χ0) is 16.4. The van der Waals surface area contributed by atoms with E-state index in [1.165, 1.54) is 5.56 Å². The standard InChI is InChI=1S/C18H22N4O/c1-4-13-6-5-7-15-14(11-20-18(13)15)10-17(23)22(3)12-16-19-8-9-21(16)2/h5-9,11,20H,4,10,12H2,1-3H3. The van der Waals surface area contributed by atoms with Crippen LogP contribution in [0.4, 0.5) is 0 Å². The van der Waals surface area contributed by atoms with Gasteiger partial charge in [0.05, 0.1) is 13.0 Å². The van der Waals surface area contributed by atoms with Gasteiger partial charge in [-0.25, -0.2) is 4.98 Å². The number of imidazole rings is 1. The van der Waals surface area contributed by atoms with Gasteiger partial charge in [0.15, 0.2) is 0 Å². The molecule has 23 heavy (non-hydrogen) atoms. The third-order valence-corrected chi connectivity index (χ3v) is 4.34. The molecule has 0 aliphatic heterocycles. The molecule has 0 unspecified atom stereocenters. The average molecular weight is 310 g/mol. The Morgan fingerprint density at radius 1 is 1.35 bits per heavy atom. The Morgan fingerprint density at radius 3 is 2.87 bits per heavy atom. The first-order valence-electron chi connectivity index (χ1n) is 7.88. The Kier molecular flexibility index (Phi) is 4.19. The summed E-state index contributed by atoms with van der Waals surface area (Å²) in [5, 5.41) is 1.14. The Labute approximate surface area is 135 Å². The van der Waals surface area contributed by atoms with Crippen molar-refractivity contribution < 1.29 is 4.79 Å². The summed E-state index contributed by atoms with van der Waals surface area (Å²) in [6.07, 6.45) is 6.97. The average Bonchev–Trinajstić information content (AvgIpc) is 3.14. The number of aryl methyl sites for hydroxylation is 2. The molecule has 1 amide bonds. The minimum Gasteiger partial charge on any atom is -0.361 e. The van der Waals surface area contributed by atoms with Crippen LogP contribution in [-0.2, 0) is 31.2 Å².